The first-order chi connectivity index (χ1) is 10.8. The molecule has 0 N–H and O–H groups in total. The Morgan fingerprint density at radius 2 is 1.50 bits per heavy atom. The Bertz CT molecular complexity index is 760. The third-order valence-corrected chi connectivity index (χ3v) is 4.03. The summed E-state index contributed by atoms with van der Waals surface area (Å²) in [5.41, 5.74) is 4.88. The average molecular weight is 290 g/mol. The van der Waals surface area contributed by atoms with E-state index in [2.05, 4.69) is 66.5 Å². The zero-order valence-corrected chi connectivity index (χ0v) is 13.3. The van der Waals surface area contributed by atoms with Gasteiger partial charge in [-0.3, -0.25) is 0 Å². The molecule has 112 valence electrons. The zero-order valence-electron chi connectivity index (χ0n) is 13.3. The summed E-state index contributed by atoms with van der Waals surface area (Å²) in [7, 11) is 0. The largest absolute Gasteiger partial charge is 0.158 e. The van der Waals surface area contributed by atoms with Crippen molar-refractivity contribution < 1.29 is 0 Å². The van der Waals surface area contributed by atoms with Crippen molar-refractivity contribution >= 4 is 10.8 Å². The second-order valence-corrected chi connectivity index (χ2v) is 5.81. The lowest BCUT2D eigenvalue weighted by Gasteiger charge is -2.08. The van der Waals surface area contributed by atoms with Crippen LogP contribution in [0.25, 0.3) is 22.0 Å². The Labute approximate surface area is 132 Å². The molecule has 0 saturated heterocycles. The van der Waals surface area contributed by atoms with E-state index in [0.717, 1.165) is 35.9 Å². The highest BCUT2D eigenvalue weighted by Crippen LogP contribution is 2.27. The highest BCUT2D eigenvalue weighted by molar-refractivity contribution is 5.94. The van der Waals surface area contributed by atoms with Crippen molar-refractivity contribution in [3.8, 4) is 11.3 Å². The van der Waals surface area contributed by atoms with Gasteiger partial charge in [0.1, 0.15) is 5.69 Å². The summed E-state index contributed by atoms with van der Waals surface area (Å²) >= 11 is 0. The minimum absolute atomic E-state index is 0.985. The van der Waals surface area contributed by atoms with Crippen LogP contribution in [-0.2, 0) is 12.8 Å². The number of hydrogen-bond acceptors (Lipinski definition) is 2. The standard InChI is InChI=1S/C20H22N2/c1-3-5-15-7-10-17(11-8-15)20-19-13-16(6-4-2)9-12-18(19)14-21-22-20/h7-14H,3-6H2,1-2H3. The molecule has 0 atom stereocenters. The topological polar surface area (TPSA) is 25.8 Å². The van der Waals surface area contributed by atoms with E-state index < -0.39 is 0 Å². The molecule has 0 aliphatic rings. The predicted octanol–water partition coefficient (Wildman–Crippen LogP) is 5.20. The number of fused-ring (bicyclic) bond motifs is 1. The highest BCUT2D eigenvalue weighted by Gasteiger charge is 2.07. The van der Waals surface area contributed by atoms with Crippen LogP contribution in [0.3, 0.4) is 0 Å². The van der Waals surface area contributed by atoms with Gasteiger partial charge in [-0.05, 0) is 30.0 Å². The predicted molar refractivity (Wildman–Crippen MR) is 93.0 cm³/mol. The van der Waals surface area contributed by atoms with Gasteiger partial charge in [-0.25, -0.2) is 0 Å². The molecule has 1 aromatic heterocycles. The van der Waals surface area contributed by atoms with E-state index in [0.29, 0.717) is 0 Å². The summed E-state index contributed by atoms with van der Waals surface area (Å²) in [4.78, 5) is 0. The zero-order chi connectivity index (χ0) is 15.4. The molecule has 2 nitrogen and oxygen atoms in total. The summed E-state index contributed by atoms with van der Waals surface area (Å²) in [6, 6.07) is 15.4. The summed E-state index contributed by atoms with van der Waals surface area (Å²) < 4.78 is 0. The van der Waals surface area contributed by atoms with Gasteiger partial charge in [-0.15, -0.1) is 5.10 Å². The summed E-state index contributed by atoms with van der Waals surface area (Å²) in [5.74, 6) is 0. The molecule has 0 saturated carbocycles. The van der Waals surface area contributed by atoms with E-state index in [-0.39, 0.29) is 0 Å². The summed E-state index contributed by atoms with van der Waals surface area (Å²) in [6.45, 7) is 4.42. The molecular weight excluding hydrogens is 268 g/mol. The van der Waals surface area contributed by atoms with E-state index in [1.165, 1.54) is 22.9 Å². The maximum absolute atomic E-state index is 4.40. The van der Waals surface area contributed by atoms with E-state index in [9.17, 15) is 0 Å². The third-order valence-electron chi connectivity index (χ3n) is 4.03. The van der Waals surface area contributed by atoms with Crippen molar-refractivity contribution in [1.82, 2.24) is 10.2 Å². The van der Waals surface area contributed by atoms with E-state index in [1.807, 2.05) is 6.20 Å². The van der Waals surface area contributed by atoms with Crippen LogP contribution in [-0.4, -0.2) is 10.2 Å². The van der Waals surface area contributed by atoms with Gasteiger partial charge in [0.2, 0.25) is 0 Å². The van der Waals surface area contributed by atoms with Crippen LogP contribution in [0.15, 0.2) is 48.7 Å². The Hall–Kier alpha value is -2.22. The van der Waals surface area contributed by atoms with E-state index >= 15 is 0 Å². The maximum atomic E-state index is 4.40. The second kappa shape index (κ2) is 6.69. The normalized spacial score (nSPS) is 11.0. The van der Waals surface area contributed by atoms with Crippen LogP contribution in [0, 0.1) is 0 Å². The maximum Gasteiger partial charge on any atom is 0.101 e. The SMILES string of the molecule is CCCc1ccc(-c2nncc3ccc(CCC)cc23)cc1. The molecule has 0 unspecified atom stereocenters. The molecule has 0 fully saturated rings. The van der Waals surface area contributed by atoms with Gasteiger partial charge in [0.05, 0.1) is 6.20 Å². The van der Waals surface area contributed by atoms with Gasteiger partial charge >= 0.3 is 0 Å². The van der Waals surface area contributed by atoms with Crippen molar-refractivity contribution in [2.45, 2.75) is 39.5 Å². The summed E-state index contributed by atoms with van der Waals surface area (Å²) in [6.07, 6.45) is 6.41. The number of aromatic nitrogens is 2. The third kappa shape index (κ3) is 3.01. The molecule has 0 amide bonds. The fourth-order valence-electron chi connectivity index (χ4n) is 2.90. The lowest BCUT2D eigenvalue weighted by molar-refractivity contribution is 0.921. The van der Waals surface area contributed by atoms with Gasteiger partial charge in [-0.2, -0.15) is 5.10 Å². The van der Waals surface area contributed by atoms with Crippen molar-refractivity contribution in [3.63, 3.8) is 0 Å². The quantitative estimate of drug-likeness (QED) is 0.645. The first-order valence-electron chi connectivity index (χ1n) is 8.15. The molecule has 0 bridgehead atoms. The number of aryl methyl sites for hydroxylation is 2. The Kier molecular flexibility index (Phi) is 4.47. The van der Waals surface area contributed by atoms with Gasteiger partial charge in [-0.1, -0.05) is 63.1 Å². The van der Waals surface area contributed by atoms with Crippen molar-refractivity contribution in [2.75, 3.05) is 0 Å². The second-order valence-electron chi connectivity index (χ2n) is 5.81. The van der Waals surface area contributed by atoms with Gasteiger partial charge in [0.25, 0.3) is 0 Å². The minimum atomic E-state index is 0.985. The van der Waals surface area contributed by atoms with Crippen molar-refractivity contribution in [3.05, 3.63) is 59.8 Å². The average Bonchev–Trinajstić information content (AvgIpc) is 2.56. The molecule has 0 aliphatic carbocycles. The monoisotopic (exact) mass is 290 g/mol. The Morgan fingerprint density at radius 3 is 2.23 bits per heavy atom. The van der Waals surface area contributed by atoms with Crippen LogP contribution < -0.4 is 0 Å². The van der Waals surface area contributed by atoms with Gasteiger partial charge < -0.3 is 0 Å². The molecule has 1 heterocycles. The molecule has 3 aromatic rings. The fourth-order valence-corrected chi connectivity index (χ4v) is 2.90. The molecule has 0 spiro atoms. The number of nitrogens with zero attached hydrogens (tertiary/aromatic N) is 2. The Balaban J connectivity index is 2.06. The van der Waals surface area contributed by atoms with Crippen LogP contribution >= 0.6 is 0 Å². The lowest BCUT2D eigenvalue weighted by atomic mass is 10.00. The highest BCUT2D eigenvalue weighted by atomic mass is 15.1. The molecule has 0 aliphatic heterocycles. The Morgan fingerprint density at radius 1 is 0.818 bits per heavy atom. The lowest BCUT2D eigenvalue weighted by Crippen LogP contribution is -1.92. The summed E-state index contributed by atoms with van der Waals surface area (Å²) in [5, 5.41) is 10.9. The molecular formula is C20H22N2. The molecule has 22 heavy (non-hydrogen) atoms. The van der Waals surface area contributed by atoms with Gasteiger partial charge in [0.15, 0.2) is 0 Å². The van der Waals surface area contributed by atoms with Crippen molar-refractivity contribution in [1.29, 1.82) is 0 Å². The van der Waals surface area contributed by atoms with Crippen LogP contribution in [0.5, 0.6) is 0 Å². The smallest absolute Gasteiger partial charge is 0.101 e. The van der Waals surface area contributed by atoms with Crippen molar-refractivity contribution in [2.24, 2.45) is 0 Å². The van der Waals surface area contributed by atoms with E-state index in [1.54, 1.807) is 0 Å². The molecule has 2 heteroatoms. The van der Waals surface area contributed by atoms with Crippen LogP contribution in [0.1, 0.15) is 37.8 Å². The first kappa shape index (κ1) is 14.7. The van der Waals surface area contributed by atoms with Crippen LogP contribution in [0.2, 0.25) is 0 Å². The van der Waals surface area contributed by atoms with Gasteiger partial charge in [0, 0.05) is 16.3 Å². The number of benzene rings is 2. The minimum Gasteiger partial charge on any atom is -0.158 e. The molecule has 3 rings (SSSR count). The number of hydrogen-bond donors (Lipinski definition) is 0. The molecule has 2 aromatic carbocycles. The van der Waals surface area contributed by atoms with Crippen LogP contribution in [0.4, 0.5) is 0 Å². The fraction of sp³-hybridized carbons (Fsp3) is 0.300. The van der Waals surface area contributed by atoms with E-state index in [4.69, 9.17) is 0 Å². The first-order valence-corrected chi connectivity index (χ1v) is 8.15. The molecule has 0 radical (unpaired) electrons. The number of rotatable bonds is 5.